The number of aromatic amines is 1. The molecule has 0 atom stereocenters. The lowest BCUT2D eigenvalue weighted by Gasteiger charge is -2.05. The van der Waals surface area contributed by atoms with Crippen LogP contribution in [0, 0.1) is 5.92 Å². The number of carbonyl (C=O) groups excluding carboxylic acids is 1. The lowest BCUT2D eigenvalue weighted by molar-refractivity contribution is -0.121. The molecule has 0 spiro atoms. The van der Waals surface area contributed by atoms with E-state index < -0.39 is 0 Å². The second kappa shape index (κ2) is 8.69. The monoisotopic (exact) mass is 433 g/mol. The minimum absolute atomic E-state index is 0.183. The number of amides is 1. The number of hydrogen-bond acceptors (Lipinski definition) is 5. The van der Waals surface area contributed by atoms with Gasteiger partial charge in [-0.05, 0) is 25.0 Å². The highest BCUT2D eigenvalue weighted by atomic mass is 32.1. The van der Waals surface area contributed by atoms with Crippen molar-refractivity contribution in [2.24, 2.45) is 11.0 Å². The second-order valence-corrected chi connectivity index (χ2v) is 8.67. The van der Waals surface area contributed by atoms with Gasteiger partial charge in [-0.1, -0.05) is 67.6 Å². The van der Waals surface area contributed by atoms with Crippen LogP contribution >= 0.6 is 11.3 Å². The third-order valence-corrected chi connectivity index (χ3v) is 5.75. The topological polar surface area (TPSA) is 92.1 Å². The Morgan fingerprint density at radius 1 is 1.16 bits per heavy atom. The van der Waals surface area contributed by atoms with E-state index in [1.807, 2.05) is 68.4 Å². The predicted molar refractivity (Wildman–Crippen MR) is 125 cm³/mol. The molecule has 0 bridgehead atoms. The number of nitrogens with one attached hydrogen (secondary N) is 2. The van der Waals surface area contributed by atoms with E-state index in [0.29, 0.717) is 28.5 Å². The highest BCUT2D eigenvalue weighted by Gasteiger charge is 2.21. The normalized spacial score (nSPS) is 11.9. The smallest absolute Gasteiger partial charge is 0.283 e. The molecule has 8 heteroatoms. The van der Waals surface area contributed by atoms with Crippen LogP contribution in [0.3, 0.4) is 0 Å². The van der Waals surface area contributed by atoms with Crippen LogP contribution in [0.15, 0.2) is 64.5 Å². The van der Waals surface area contributed by atoms with Crippen molar-refractivity contribution in [1.82, 2.24) is 20.2 Å². The first kappa shape index (κ1) is 20.7. The molecule has 1 amide bonds. The lowest BCUT2D eigenvalue weighted by Crippen LogP contribution is -2.24. The Labute approximate surface area is 183 Å². The molecule has 7 nitrogen and oxygen atoms in total. The average molecular weight is 434 g/mol. The van der Waals surface area contributed by atoms with Gasteiger partial charge >= 0.3 is 0 Å². The van der Waals surface area contributed by atoms with E-state index in [-0.39, 0.29) is 17.4 Å². The average Bonchev–Trinajstić information content (AvgIpc) is 3.33. The van der Waals surface area contributed by atoms with E-state index in [0.717, 1.165) is 15.8 Å². The van der Waals surface area contributed by atoms with E-state index in [2.05, 4.69) is 20.6 Å². The maximum absolute atomic E-state index is 13.4. The van der Waals surface area contributed by atoms with E-state index in [1.54, 1.807) is 6.92 Å². The number of benzene rings is 2. The van der Waals surface area contributed by atoms with Gasteiger partial charge in [0.15, 0.2) is 0 Å². The van der Waals surface area contributed by atoms with Crippen molar-refractivity contribution >= 4 is 33.2 Å². The molecule has 2 N–H and O–H groups in total. The zero-order valence-corrected chi connectivity index (χ0v) is 18.4. The van der Waals surface area contributed by atoms with Crippen molar-refractivity contribution < 1.29 is 4.79 Å². The Hall–Kier alpha value is -3.52. The van der Waals surface area contributed by atoms with Gasteiger partial charge in [-0.2, -0.15) is 9.78 Å². The SMILES string of the molecule is C/C(=N\NC(=O)CC(C)C)c1c(-c2ccccc2)[nH]n(-c2nc3ccccc3s2)c1=O. The van der Waals surface area contributed by atoms with Crippen LogP contribution < -0.4 is 11.0 Å². The van der Waals surface area contributed by atoms with Crippen molar-refractivity contribution in [2.45, 2.75) is 27.2 Å². The van der Waals surface area contributed by atoms with E-state index in [1.165, 1.54) is 16.0 Å². The molecule has 0 saturated heterocycles. The summed E-state index contributed by atoms with van der Waals surface area (Å²) in [5.41, 5.74) is 5.43. The van der Waals surface area contributed by atoms with E-state index in [4.69, 9.17) is 0 Å². The first-order valence-electron chi connectivity index (χ1n) is 10.0. The molecule has 0 aliphatic carbocycles. The third kappa shape index (κ3) is 4.34. The number of nitrogens with zero attached hydrogens (tertiary/aromatic N) is 3. The highest BCUT2D eigenvalue weighted by Crippen LogP contribution is 2.26. The van der Waals surface area contributed by atoms with Crippen LogP contribution in [0.5, 0.6) is 0 Å². The molecule has 2 aromatic carbocycles. The van der Waals surface area contributed by atoms with Gasteiger partial charge in [-0.3, -0.25) is 14.7 Å². The number of fused-ring (bicyclic) bond motifs is 1. The number of H-pyrrole nitrogens is 1. The number of rotatable bonds is 6. The van der Waals surface area contributed by atoms with Crippen LogP contribution in [0.1, 0.15) is 32.8 Å². The van der Waals surface area contributed by atoms with Crippen LogP contribution in [0.4, 0.5) is 0 Å². The molecule has 2 heterocycles. The molecule has 0 aliphatic rings. The minimum Gasteiger partial charge on any atom is -0.288 e. The summed E-state index contributed by atoms with van der Waals surface area (Å²) in [6.07, 6.45) is 0.366. The predicted octanol–water partition coefficient (Wildman–Crippen LogP) is 4.33. The largest absolute Gasteiger partial charge is 0.288 e. The van der Waals surface area contributed by atoms with Gasteiger partial charge in [-0.25, -0.2) is 10.4 Å². The van der Waals surface area contributed by atoms with Crippen LogP contribution in [-0.2, 0) is 4.79 Å². The van der Waals surface area contributed by atoms with Crippen LogP contribution in [0.2, 0.25) is 0 Å². The molecule has 0 unspecified atom stereocenters. The van der Waals surface area contributed by atoms with E-state index in [9.17, 15) is 9.59 Å². The molecule has 0 radical (unpaired) electrons. The Morgan fingerprint density at radius 3 is 2.58 bits per heavy atom. The molecule has 0 saturated carbocycles. The summed E-state index contributed by atoms with van der Waals surface area (Å²) in [6.45, 7) is 5.65. The van der Waals surface area contributed by atoms with Gasteiger partial charge < -0.3 is 0 Å². The van der Waals surface area contributed by atoms with Crippen molar-refractivity contribution in [2.75, 3.05) is 0 Å². The van der Waals surface area contributed by atoms with Crippen LogP contribution in [0.25, 0.3) is 26.6 Å². The van der Waals surface area contributed by atoms with Crippen molar-refractivity contribution in [3.05, 3.63) is 70.5 Å². The van der Waals surface area contributed by atoms with Crippen molar-refractivity contribution in [3.63, 3.8) is 0 Å². The maximum Gasteiger partial charge on any atom is 0.283 e. The molecular formula is C23H23N5O2S. The molecule has 31 heavy (non-hydrogen) atoms. The molecule has 158 valence electrons. The first-order chi connectivity index (χ1) is 14.9. The quantitative estimate of drug-likeness (QED) is 0.350. The van der Waals surface area contributed by atoms with Gasteiger partial charge in [0, 0.05) is 12.0 Å². The number of para-hydroxylation sites is 1. The minimum atomic E-state index is -0.266. The second-order valence-electron chi connectivity index (χ2n) is 7.66. The standard InChI is InChI=1S/C23H23N5O2S/c1-14(2)13-19(29)26-25-15(3)20-21(16-9-5-4-6-10-16)27-28(22(20)30)23-24-17-11-7-8-12-18(17)31-23/h4-12,14,27H,13H2,1-3H3,(H,26,29)/b25-15+. The summed E-state index contributed by atoms with van der Waals surface area (Å²) < 4.78 is 2.44. The summed E-state index contributed by atoms with van der Waals surface area (Å²) in [4.78, 5) is 30.0. The maximum atomic E-state index is 13.4. The Morgan fingerprint density at radius 2 is 1.87 bits per heavy atom. The fourth-order valence-corrected chi connectivity index (χ4v) is 4.22. The molecule has 0 aliphatic heterocycles. The van der Waals surface area contributed by atoms with Crippen molar-refractivity contribution in [1.29, 1.82) is 0 Å². The molecule has 4 rings (SSSR count). The molecule has 2 aromatic heterocycles. The van der Waals surface area contributed by atoms with Gasteiger partial charge in [-0.15, -0.1) is 0 Å². The highest BCUT2D eigenvalue weighted by molar-refractivity contribution is 7.20. The summed E-state index contributed by atoms with van der Waals surface area (Å²) in [7, 11) is 0. The van der Waals surface area contributed by atoms with Crippen LogP contribution in [-0.4, -0.2) is 26.4 Å². The zero-order valence-electron chi connectivity index (χ0n) is 17.5. The molecule has 4 aromatic rings. The summed E-state index contributed by atoms with van der Waals surface area (Å²) in [6, 6.07) is 17.3. The molecule has 0 fully saturated rings. The van der Waals surface area contributed by atoms with Gasteiger partial charge in [0.1, 0.15) is 0 Å². The number of thiazole rings is 1. The number of hydrogen-bond donors (Lipinski definition) is 2. The third-order valence-electron chi connectivity index (χ3n) is 4.73. The van der Waals surface area contributed by atoms with Gasteiger partial charge in [0.05, 0.1) is 27.2 Å². The first-order valence-corrected chi connectivity index (χ1v) is 10.9. The summed E-state index contributed by atoms with van der Waals surface area (Å²) >= 11 is 1.43. The van der Waals surface area contributed by atoms with Gasteiger partial charge in [0.25, 0.3) is 5.56 Å². The summed E-state index contributed by atoms with van der Waals surface area (Å²) in [5, 5.41) is 7.96. The number of aromatic nitrogens is 3. The van der Waals surface area contributed by atoms with Crippen molar-refractivity contribution in [3.8, 4) is 16.4 Å². The van der Waals surface area contributed by atoms with E-state index >= 15 is 0 Å². The fraction of sp³-hybridized carbons (Fsp3) is 0.217. The number of carbonyl (C=O) groups is 1. The Kier molecular flexibility index (Phi) is 5.81. The summed E-state index contributed by atoms with van der Waals surface area (Å²) in [5.74, 6) is 0.0385. The number of hydrazone groups is 1. The zero-order chi connectivity index (χ0) is 22.0. The van der Waals surface area contributed by atoms with Gasteiger partial charge in [0.2, 0.25) is 11.0 Å². The molecular weight excluding hydrogens is 410 g/mol. The lowest BCUT2D eigenvalue weighted by atomic mass is 10.1. The Bertz CT molecular complexity index is 1280. The Balaban J connectivity index is 1.81. The fourth-order valence-electron chi connectivity index (χ4n) is 3.30.